The topological polar surface area (TPSA) is 70.2 Å². The number of anilines is 2. The van der Waals surface area contributed by atoms with Crippen LogP contribution in [0, 0.1) is 6.92 Å². The zero-order chi connectivity index (χ0) is 19.8. The van der Waals surface area contributed by atoms with Crippen molar-refractivity contribution in [2.75, 3.05) is 10.6 Å². The van der Waals surface area contributed by atoms with Gasteiger partial charge in [-0.2, -0.15) is 0 Å². The molecule has 7 heteroatoms. The summed E-state index contributed by atoms with van der Waals surface area (Å²) < 4.78 is 0. The van der Waals surface area contributed by atoms with Crippen molar-refractivity contribution in [1.29, 1.82) is 0 Å². The number of amides is 2. The molecule has 0 heterocycles. The van der Waals surface area contributed by atoms with E-state index in [1.807, 2.05) is 43.3 Å². The van der Waals surface area contributed by atoms with Gasteiger partial charge in [0.1, 0.15) is 0 Å². The number of aryl methyl sites for hydroxylation is 1. The summed E-state index contributed by atoms with van der Waals surface area (Å²) in [6, 6.07) is 12.9. The number of halogens is 1. The summed E-state index contributed by atoms with van der Waals surface area (Å²) in [6.07, 6.45) is 1.21. The van der Waals surface area contributed by atoms with Crippen LogP contribution in [-0.4, -0.2) is 16.9 Å². The highest BCUT2D eigenvalue weighted by atomic mass is 35.5. The summed E-state index contributed by atoms with van der Waals surface area (Å²) in [6.45, 7) is 3.66. The van der Waals surface area contributed by atoms with Crippen LogP contribution >= 0.6 is 23.8 Å². The van der Waals surface area contributed by atoms with E-state index in [9.17, 15) is 9.59 Å². The Balaban J connectivity index is 1.91. The molecule has 2 rings (SSSR count). The summed E-state index contributed by atoms with van der Waals surface area (Å²) in [5.74, 6) is -0.258. The second kappa shape index (κ2) is 10.0. The first-order valence-corrected chi connectivity index (χ1v) is 9.43. The standard InChI is InChI=1S/C20H22ClN3O2S/c1-3-18(25)22-16-9-6-10-17(13(16)2)23-20(27)24-19(26)12-11-14-7-4-5-8-15(14)21/h4-10H,3,11-12H2,1-2H3,(H,22,25)(H2,23,24,26,27). The van der Waals surface area contributed by atoms with Gasteiger partial charge in [0.05, 0.1) is 0 Å². The molecule has 0 unspecified atom stereocenters. The van der Waals surface area contributed by atoms with Crippen molar-refractivity contribution in [3.63, 3.8) is 0 Å². The van der Waals surface area contributed by atoms with Crippen LogP contribution in [-0.2, 0) is 16.0 Å². The molecule has 2 aromatic rings. The molecule has 0 saturated heterocycles. The lowest BCUT2D eigenvalue weighted by atomic mass is 10.1. The highest BCUT2D eigenvalue weighted by Crippen LogP contribution is 2.23. The predicted octanol–water partition coefficient (Wildman–Crippen LogP) is 4.44. The van der Waals surface area contributed by atoms with Gasteiger partial charge in [-0.1, -0.05) is 42.8 Å². The van der Waals surface area contributed by atoms with E-state index in [0.717, 1.165) is 16.8 Å². The predicted molar refractivity (Wildman–Crippen MR) is 114 cm³/mol. The maximum absolute atomic E-state index is 12.1. The first-order valence-electron chi connectivity index (χ1n) is 8.64. The highest BCUT2D eigenvalue weighted by molar-refractivity contribution is 7.80. The molecule has 0 spiro atoms. The van der Waals surface area contributed by atoms with E-state index < -0.39 is 0 Å². The molecule has 5 nitrogen and oxygen atoms in total. The fourth-order valence-corrected chi connectivity index (χ4v) is 2.89. The Morgan fingerprint density at radius 2 is 1.67 bits per heavy atom. The van der Waals surface area contributed by atoms with Gasteiger partial charge >= 0.3 is 0 Å². The third-order valence-electron chi connectivity index (χ3n) is 4.01. The van der Waals surface area contributed by atoms with E-state index in [-0.39, 0.29) is 23.3 Å². The zero-order valence-electron chi connectivity index (χ0n) is 15.3. The molecular formula is C20H22ClN3O2S. The molecule has 0 fully saturated rings. The van der Waals surface area contributed by atoms with E-state index in [1.165, 1.54) is 0 Å². The van der Waals surface area contributed by atoms with Crippen molar-refractivity contribution in [2.45, 2.75) is 33.1 Å². The van der Waals surface area contributed by atoms with Crippen molar-refractivity contribution < 1.29 is 9.59 Å². The SMILES string of the molecule is CCC(=O)Nc1cccc(NC(=S)NC(=O)CCc2ccccc2Cl)c1C. The van der Waals surface area contributed by atoms with Gasteiger partial charge in [0.15, 0.2) is 5.11 Å². The van der Waals surface area contributed by atoms with Gasteiger partial charge in [-0.05, 0) is 54.9 Å². The minimum Gasteiger partial charge on any atom is -0.332 e. The monoisotopic (exact) mass is 403 g/mol. The van der Waals surface area contributed by atoms with Crippen LogP contribution in [0.3, 0.4) is 0 Å². The van der Waals surface area contributed by atoms with Crippen LogP contribution in [0.2, 0.25) is 5.02 Å². The minimum atomic E-state index is -0.194. The lowest BCUT2D eigenvalue weighted by Crippen LogP contribution is -2.34. The van der Waals surface area contributed by atoms with Gasteiger partial charge in [-0.25, -0.2) is 0 Å². The number of benzene rings is 2. The van der Waals surface area contributed by atoms with Crippen molar-refractivity contribution in [1.82, 2.24) is 5.32 Å². The lowest BCUT2D eigenvalue weighted by molar-refractivity contribution is -0.119. The number of thiocarbonyl (C=S) groups is 1. The molecule has 0 aliphatic rings. The second-order valence-electron chi connectivity index (χ2n) is 5.97. The molecule has 27 heavy (non-hydrogen) atoms. The van der Waals surface area contributed by atoms with Crippen LogP contribution in [0.15, 0.2) is 42.5 Å². The summed E-state index contributed by atoms with van der Waals surface area (Å²) in [5.41, 5.74) is 3.19. The summed E-state index contributed by atoms with van der Waals surface area (Å²) >= 11 is 11.3. The van der Waals surface area contributed by atoms with Crippen LogP contribution in [0.5, 0.6) is 0 Å². The van der Waals surface area contributed by atoms with E-state index in [4.69, 9.17) is 23.8 Å². The molecule has 3 N–H and O–H groups in total. The Morgan fingerprint density at radius 1 is 1.00 bits per heavy atom. The molecular weight excluding hydrogens is 382 g/mol. The van der Waals surface area contributed by atoms with E-state index in [2.05, 4.69) is 16.0 Å². The largest absolute Gasteiger partial charge is 0.332 e. The van der Waals surface area contributed by atoms with Crippen molar-refractivity contribution in [3.05, 3.63) is 58.6 Å². The van der Waals surface area contributed by atoms with Gasteiger partial charge in [0.2, 0.25) is 11.8 Å². The third kappa shape index (κ3) is 6.34. The average molecular weight is 404 g/mol. The van der Waals surface area contributed by atoms with Crippen LogP contribution in [0.4, 0.5) is 11.4 Å². The van der Waals surface area contributed by atoms with Gasteiger partial charge in [-0.3, -0.25) is 9.59 Å². The molecule has 142 valence electrons. The van der Waals surface area contributed by atoms with Crippen LogP contribution in [0.25, 0.3) is 0 Å². The molecule has 2 aromatic carbocycles. The number of hydrogen-bond donors (Lipinski definition) is 3. The van der Waals surface area contributed by atoms with Crippen LogP contribution in [0.1, 0.15) is 30.9 Å². The quantitative estimate of drug-likeness (QED) is 0.623. The van der Waals surface area contributed by atoms with Gasteiger partial charge in [-0.15, -0.1) is 0 Å². The first kappa shape index (κ1) is 20.9. The number of carbonyl (C=O) groups is 2. The molecule has 0 bridgehead atoms. The molecule has 2 amide bonds. The number of nitrogens with one attached hydrogen (secondary N) is 3. The second-order valence-corrected chi connectivity index (χ2v) is 6.79. The summed E-state index contributed by atoms with van der Waals surface area (Å²) in [4.78, 5) is 23.7. The maximum atomic E-state index is 12.1. The van der Waals surface area contributed by atoms with Gasteiger partial charge in [0.25, 0.3) is 0 Å². The van der Waals surface area contributed by atoms with E-state index in [1.54, 1.807) is 13.0 Å². The Hall–Kier alpha value is -2.44. The zero-order valence-corrected chi connectivity index (χ0v) is 16.8. The van der Waals surface area contributed by atoms with E-state index >= 15 is 0 Å². The van der Waals surface area contributed by atoms with E-state index in [0.29, 0.717) is 23.6 Å². The summed E-state index contributed by atoms with van der Waals surface area (Å²) in [7, 11) is 0. The van der Waals surface area contributed by atoms with Crippen LogP contribution < -0.4 is 16.0 Å². The Kier molecular flexibility index (Phi) is 7.76. The number of carbonyl (C=O) groups excluding carboxylic acids is 2. The molecule has 0 aliphatic heterocycles. The molecule has 0 saturated carbocycles. The Bertz CT molecular complexity index is 855. The summed E-state index contributed by atoms with van der Waals surface area (Å²) in [5, 5.41) is 9.36. The fourth-order valence-electron chi connectivity index (χ4n) is 2.44. The first-order chi connectivity index (χ1) is 12.9. The Labute approximate surface area is 169 Å². The number of rotatable bonds is 6. The Morgan fingerprint density at radius 3 is 2.33 bits per heavy atom. The smallest absolute Gasteiger partial charge is 0.226 e. The third-order valence-corrected chi connectivity index (χ3v) is 4.58. The fraction of sp³-hybridized carbons (Fsp3) is 0.250. The van der Waals surface area contributed by atoms with Crippen molar-refractivity contribution in [2.24, 2.45) is 0 Å². The van der Waals surface area contributed by atoms with Gasteiger partial charge < -0.3 is 16.0 Å². The molecule has 0 aromatic heterocycles. The molecule has 0 atom stereocenters. The highest BCUT2D eigenvalue weighted by Gasteiger charge is 2.10. The van der Waals surface area contributed by atoms with Gasteiger partial charge in [0, 0.05) is 29.2 Å². The maximum Gasteiger partial charge on any atom is 0.226 e. The lowest BCUT2D eigenvalue weighted by Gasteiger charge is -2.15. The van der Waals surface area contributed by atoms with Crippen molar-refractivity contribution in [3.8, 4) is 0 Å². The average Bonchev–Trinajstić information content (AvgIpc) is 2.64. The molecule has 0 aliphatic carbocycles. The normalized spacial score (nSPS) is 10.2. The number of hydrogen-bond acceptors (Lipinski definition) is 3. The minimum absolute atomic E-state index is 0.0642. The molecule has 0 radical (unpaired) electrons. The van der Waals surface area contributed by atoms with Crippen molar-refractivity contribution >= 4 is 52.1 Å².